The third kappa shape index (κ3) is 2.61. The fraction of sp³-hybridized carbons (Fsp3) is 0.650. The first-order valence-electron chi connectivity index (χ1n) is 9.25. The first kappa shape index (κ1) is 18.7. The SMILES string of the molecule is CC1(C)C2OCCCC2C1(N)C(=O)NC1CCCc2ccccc21.Cl. The van der Waals surface area contributed by atoms with Crippen LogP contribution < -0.4 is 11.1 Å². The molecule has 138 valence electrons. The third-order valence-corrected chi connectivity index (χ3v) is 6.74. The lowest BCUT2D eigenvalue weighted by atomic mass is 9.46. The molecule has 3 aliphatic rings. The maximum atomic E-state index is 13.2. The van der Waals surface area contributed by atoms with Gasteiger partial charge in [0.2, 0.25) is 5.91 Å². The molecule has 1 amide bonds. The molecule has 2 fully saturated rings. The summed E-state index contributed by atoms with van der Waals surface area (Å²) in [6, 6.07) is 8.53. The van der Waals surface area contributed by atoms with Gasteiger partial charge in [0.1, 0.15) is 5.54 Å². The number of carbonyl (C=O) groups is 1. The van der Waals surface area contributed by atoms with Crippen LogP contribution in [-0.4, -0.2) is 24.2 Å². The highest BCUT2D eigenvalue weighted by Crippen LogP contribution is 2.57. The number of aryl methyl sites for hydroxylation is 1. The maximum Gasteiger partial charge on any atom is 0.241 e. The van der Waals surface area contributed by atoms with Crippen molar-refractivity contribution in [1.82, 2.24) is 5.32 Å². The van der Waals surface area contributed by atoms with Gasteiger partial charge in [-0.25, -0.2) is 0 Å². The second kappa shape index (κ2) is 6.57. The van der Waals surface area contributed by atoms with E-state index >= 15 is 0 Å². The molecular formula is C20H29ClN2O2. The Labute approximate surface area is 156 Å². The van der Waals surface area contributed by atoms with E-state index < -0.39 is 5.54 Å². The number of amides is 1. The molecule has 1 saturated heterocycles. The van der Waals surface area contributed by atoms with E-state index in [1.165, 1.54) is 11.1 Å². The minimum Gasteiger partial charge on any atom is -0.377 e. The van der Waals surface area contributed by atoms with E-state index in [1.54, 1.807) is 0 Å². The van der Waals surface area contributed by atoms with Crippen molar-refractivity contribution in [2.75, 3.05) is 6.61 Å². The second-order valence-electron chi connectivity index (χ2n) is 8.25. The van der Waals surface area contributed by atoms with Gasteiger partial charge in [0.15, 0.2) is 0 Å². The van der Waals surface area contributed by atoms with Crippen molar-refractivity contribution in [3.05, 3.63) is 35.4 Å². The molecule has 4 unspecified atom stereocenters. The molecule has 4 atom stereocenters. The van der Waals surface area contributed by atoms with E-state index in [2.05, 4.69) is 43.4 Å². The Morgan fingerprint density at radius 2 is 2.00 bits per heavy atom. The summed E-state index contributed by atoms with van der Waals surface area (Å²) in [4.78, 5) is 13.2. The normalized spacial score (nSPS) is 35.4. The summed E-state index contributed by atoms with van der Waals surface area (Å²) in [5, 5.41) is 3.29. The van der Waals surface area contributed by atoms with Gasteiger partial charge in [0, 0.05) is 17.9 Å². The summed E-state index contributed by atoms with van der Waals surface area (Å²) in [5.74, 6) is 0.140. The Morgan fingerprint density at radius 1 is 1.24 bits per heavy atom. The molecule has 1 saturated carbocycles. The van der Waals surface area contributed by atoms with Crippen LogP contribution >= 0.6 is 12.4 Å². The van der Waals surface area contributed by atoms with E-state index in [1.807, 2.05) is 0 Å². The van der Waals surface area contributed by atoms with Crippen LogP contribution in [0, 0.1) is 11.3 Å². The highest BCUT2D eigenvalue weighted by Gasteiger charge is 2.70. The fourth-order valence-corrected chi connectivity index (χ4v) is 5.22. The summed E-state index contributed by atoms with van der Waals surface area (Å²) in [5.41, 5.74) is 8.18. The Balaban J connectivity index is 0.00000182. The van der Waals surface area contributed by atoms with Crippen molar-refractivity contribution in [3.8, 4) is 0 Å². The van der Waals surface area contributed by atoms with Crippen LogP contribution in [0.1, 0.15) is 56.7 Å². The van der Waals surface area contributed by atoms with Gasteiger partial charge in [-0.2, -0.15) is 0 Å². The van der Waals surface area contributed by atoms with Gasteiger partial charge in [-0.3, -0.25) is 4.79 Å². The standard InChI is InChI=1S/C20H28N2O2.ClH/c1-19(2)17-15(10-6-12-24-17)20(19,21)18(23)22-16-11-5-8-13-7-3-4-9-14(13)16;/h3-4,7,9,15-17H,5-6,8,10-12,21H2,1-2H3,(H,22,23);1H. The first-order chi connectivity index (χ1) is 11.5. The zero-order valence-corrected chi connectivity index (χ0v) is 15.9. The molecule has 2 aliphatic carbocycles. The summed E-state index contributed by atoms with van der Waals surface area (Å²) in [7, 11) is 0. The lowest BCUT2D eigenvalue weighted by molar-refractivity contribution is -0.225. The van der Waals surface area contributed by atoms with E-state index in [0.29, 0.717) is 0 Å². The predicted octanol–water partition coefficient (Wildman–Crippen LogP) is 3.13. The lowest BCUT2D eigenvalue weighted by Crippen LogP contribution is -2.82. The van der Waals surface area contributed by atoms with Crippen LogP contribution in [0.25, 0.3) is 0 Å². The fourth-order valence-electron chi connectivity index (χ4n) is 5.22. The molecule has 25 heavy (non-hydrogen) atoms. The summed E-state index contributed by atoms with van der Waals surface area (Å²) >= 11 is 0. The van der Waals surface area contributed by atoms with Crippen molar-refractivity contribution in [2.24, 2.45) is 17.1 Å². The van der Waals surface area contributed by atoms with Gasteiger partial charge in [-0.1, -0.05) is 38.1 Å². The number of ether oxygens (including phenoxy) is 1. The number of halogens is 1. The van der Waals surface area contributed by atoms with Gasteiger partial charge in [-0.05, 0) is 43.2 Å². The minimum atomic E-state index is -0.829. The molecular weight excluding hydrogens is 336 g/mol. The van der Waals surface area contributed by atoms with Gasteiger partial charge in [-0.15, -0.1) is 12.4 Å². The van der Waals surface area contributed by atoms with Crippen LogP contribution in [0.3, 0.4) is 0 Å². The molecule has 4 rings (SSSR count). The minimum absolute atomic E-state index is 0. The van der Waals surface area contributed by atoms with Crippen LogP contribution in [0.2, 0.25) is 0 Å². The lowest BCUT2D eigenvalue weighted by Gasteiger charge is -2.65. The Morgan fingerprint density at radius 3 is 2.80 bits per heavy atom. The van der Waals surface area contributed by atoms with Crippen molar-refractivity contribution >= 4 is 18.3 Å². The Hall–Kier alpha value is -1.10. The van der Waals surface area contributed by atoms with Gasteiger partial charge in [0.05, 0.1) is 12.1 Å². The molecule has 0 spiro atoms. The van der Waals surface area contributed by atoms with E-state index in [9.17, 15) is 4.79 Å². The molecule has 1 aliphatic heterocycles. The van der Waals surface area contributed by atoms with Crippen molar-refractivity contribution < 1.29 is 9.53 Å². The number of nitrogens with one attached hydrogen (secondary N) is 1. The van der Waals surface area contributed by atoms with Crippen LogP contribution in [-0.2, 0) is 16.0 Å². The second-order valence-corrected chi connectivity index (χ2v) is 8.25. The maximum absolute atomic E-state index is 13.2. The number of benzene rings is 1. The summed E-state index contributed by atoms with van der Waals surface area (Å²) in [6.07, 6.45) is 5.29. The Kier molecular flexibility index (Phi) is 4.91. The molecule has 0 radical (unpaired) electrons. The molecule has 4 nitrogen and oxygen atoms in total. The number of hydrogen-bond acceptors (Lipinski definition) is 3. The highest BCUT2D eigenvalue weighted by atomic mass is 35.5. The van der Waals surface area contributed by atoms with E-state index in [-0.39, 0.29) is 41.8 Å². The topological polar surface area (TPSA) is 64.3 Å². The molecule has 5 heteroatoms. The average molecular weight is 365 g/mol. The summed E-state index contributed by atoms with van der Waals surface area (Å²) < 4.78 is 5.92. The zero-order valence-electron chi connectivity index (χ0n) is 15.1. The molecule has 0 bridgehead atoms. The average Bonchev–Trinajstić information content (AvgIpc) is 2.61. The molecule has 3 N–H and O–H groups in total. The third-order valence-electron chi connectivity index (χ3n) is 6.74. The van der Waals surface area contributed by atoms with E-state index in [0.717, 1.165) is 38.7 Å². The van der Waals surface area contributed by atoms with Crippen molar-refractivity contribution in [3.63, 3.8) is 0 Å². The Bertz CT molecular complexity index is 663. The molecule has 1 heterocycles. The molecule has 0 aromatic heterocycles. The number of hydrogen-bond donors (Lipinski definition) is 2. The first-order valence-corrected chi connectivity index (χ1v) is 9.25. The van der Waals surface area contributed by atoms with Crippen LogP contribution in [0.5, 0.6) is 0 Å². The van der Waals surface area contributed by atoms with Gasteiger partial charge >= 0.3 is 0 Å². The van der Waals surface area contributed by atoms with E-state index in [4.69, 9.17) is 10.5 Å². The van der Waals surface area contributed by atoms with Gasteiger partial charge in [0.25, 0.3) is 0 Å². The van der Waals surface area contributed by atoms with Crippen LogP contribution in [0.15, 0.2) is 24.3 Å². The molecule has 1 aromatic carbocycles. The zero-order chi connectivity index (χ0) is 16.9. The number of rotatable bonds is 2. The number of nitrogens with two attached hydrogens (primary N) is 1. The monoisotopic (exact) mass is 364 g/mol. The predicted molar refractivity (Wildman–Crippen MR) is 101 cm³/mol. The number of fused-ring (bicyclic) bond motifs is 2. The smallest absolute Gasteiger partial charge is 0.241 e. The van der Waals surface area contributed by atoms with Crippen molar-refractivity contribution in [2.45, 2.75) is 63.6 Å². The number of carbonyl (C=O) groups excluding carboxylic acids is 1. The summed E-state index contributed by atoms with van der Waals surface area (Å²) in [6.45, 7) is 4.94. The quantitative estimate of drug-likeness (QED) is 0.847. The van der Waals surface area contributed by atoms with Gasteiger partial charge < -0.3 is 15.8 Å². The van der Waals surface area contributed by atoms with Crippen LogP contribution in [0.4, 0.5) is 0 Å². The molecule has 1 aromatic rings. The largest absolute Gasteiger partial charge is 0.377 e. The van der Waals surface area contributed by atoms with Crippen molar-refractivity contribution in [1.29, 1.82) is 0 Å². The highest BCUT2D eigenvalue weighted by molar-refractivity contribution is 5.90.